The summed E-state index contributed by atoms with van der Waals surface area (Å²) in [6.07, 6.45) is 1.56. The molecule has 6 heteroatoms. The molecule has 298 valence electrons. The largest absolute Gasteiger partial charge is 0.493 e. The standard InChI is InChI=1S/C55H44N2O4/c58-53(41-17-11-19-47(37-41)60-35-33-39-13-3-1-4-14-39)56-45-29-25-43(26-30-45)55(51-23-9-7-21-49(51)50-22-8-10-24-52(50)55)44-27-31-46(32-28-44)57-54(59)42-18-12-20-48(38-42)61-36-34-40-15-5-2-6-16-40/h1-32,37-38H,33-36H2,(H,56,58)(H,57,59). The monoisotopic (exact) mass is 796 g/mol. The van der Waals surface area contributed by atoms with Crippen LogP contribution in [0.1, 0.15) is 54.1 Å². The van der Waals surface area contributed by atoms with Gasteiger partial charge in [0.25, 0.3) is 11.8 Å². The van der Waals surface area contributed by atoms with Gasteiger partial charge in [-0.3, -0.25) is 9.59 Å². The molecule has 0 unspecified atom stereocenters. The zero-order chi connectivity index (χ0) is 41.4. The molecule has 0 bridgehead atoms. The van der Waals surface area contributed by atoms with Crippen molar-refractivity contribution in [1.29, 1.82) is 0 Å². The van der Waals surface area contributed by atoms with Crippen molar-refractivity contribution in [2.75, 3.05) is 23.8 Å². The summed E-state index contributed by atoms with van der Waals surface area (Å²) in [6, 6.07) is 68.3. The number of carbonyl (C=O) groups is 2. The van der Waals surface area contributed by atoms with Gasteiger partial charge in [0.15, 0.2) is 0 Å². The lowest BCUT2D eigenvalue weighted by molar-refractivity contribution is 0.101. The first kappa shape index (κ1) is 38.8. The number of anilines is 2. The van der Waals surface area contributed by atoms with Gasteiger partial charge in [-0.05, 0) is 105 Å². The minimum absolute atomic E-state index is 0.215. The second kappa shape index (κ2) is 17.7. The molecule has 0 aliphatic heterocycles. The molecule has 0 aromatic heterocycles. The third-order valence-electron chi connectivity index (χ3n) is 11.3. The van der Waals surface area contributed by atoms with Crippen molar-refractivity contribution in [3.63, 3.8) is 0 Å². The smallest absolute Gasteiger partial charge is 0.255 e. The predicted octanol–water partition coefficient (Wildman–Crippen LogP) is 11.8. The van der Waals surface area contributed by atoms with Gasteiger partial charge in [0.05, 0.1) is 18.6 Å². The zero-order valence-electron chi connectivity index (χ0n) is 33.6. The van der Waals surface area contributed by atoms with E-state index in [1.54, 1.807) is 24.3 Å². The van der Waals surface area contributed by atoms with Gasteiger partial charge in [-0.2, -0.15) is 0 Å². The first-order valence-corrected chi connectivity index (χ1v) is 20.6. The van der Waals surface area contributed by atoms with Gasteiger partial charge in [0.1, 0.15) is 11.5 Å². The molecule has 2 N–H and O–H groups in total. The number of carbonyl (C=O) groups excluding carboxylic acids is 2. The van der Waals surface area contributed by atoms with Crippen LogP contribution in [-0.4, -0.2) is 25.0 Å². The summed E-state index contributed by atoms with van der Waals surface area (Å²) in [6.45, 7) is 1.03. The van der Waals surface area contributed by atoms with E-state index in [0.717, 1.165) is 35.1 Å². The first-order chi connectivity index (χ1) is 30.0. The van der Waals surface area contributed by atoms with E-state index in [0.29, 0.717) is 47.2 Å². The highest BCUT2D eigenvalue weighted by Gasteiger charge is 2.45. The molecule has 61 heavy (non-hydrogen) atoms. The maximum Gasteiger partial charge on any atom is 0.255 e. The molecule has 0 fully saturated rings. The highest BCUT2D eigenvalue weighted by molar-refractivity contribution is 6.05. The summed E-state index contributed by atoms with van der Waals surface area (Å²) in [5.41, 5.74) is 10.9. The van der Waals surface area contributed by atoms with Gasteiger partial charge in [-0.15, -0.1) is 0 Å². The molecule has 0 heterocycles. The van der Waals surface area contributed by atoms with E-state index in [9.17, 15) is 9.59 Å². The van der Waals surface area contributed by atoms with Crippen LogP contribution in [0.4, 0.5) is 11.4 Å². The van der Waals surface area contributed by atoms with Crippen molar-refractivity contribution in [3.05, 3.63) is 251 Å². The van der Waals surface area contributed by atoms with Crippen LogP contribution < -0.4 is 20.1 Å². The number of amides is 2. The van der Waals surface area contributed by atoms with Crippen molar-refractivity contribution in [2.45, 2.75) is 18.3 Å². The molecule has 0 radical (unpaired) electrons. The van der Waals surface area contributed by atoms with E-state index in [1.807, 2.05) is 84.9 Å². The maximum atomic E-state index is 13.5. The van der Waals surface area contributed by atoms with Crippen molar-refractivity contribution in [2.24, 2.45) is 0 Å². The van der Waals surface area contributed by atoms with Crippen LogP contribution in [0.15, 0.2) is 206 Å². The molecule has 8 aromatic rings. The Morgan fingerprint density at radius 2 is 0.803 bits per heavy atom. The third kappa shape index (κ3) is 8.30. The molecule has 2 amide bonds. The summed E-state index contributed by atoms with van der Waals surface area (Å²) >= 11 is 0. The van der Waals surface area contributed by atoms with Gasteiger partial charge in [0, 0.05) is 35.3 Å². The number of hydrogen-bond acceptors (Lipinski definition) is 4. The molecule has 1 aliphatic carbocycles. The SMILES string of the molecule is O=C(Nc1ccc(C2(c3ccc(NC(=O)c4cccc(OCCc5ccccc5)c4)cc3)c3ccccc3-c3ccccc32)cc1)c1cccc(OCCc2ccccc2)c1. The fourth-order valence-corrected chi connectivity index (χ4v) is 8.35. The van der Waals surface area contributed by atoms with Gasteiger partial charge < -0.3 is 20.1 Å². The molecule has 1 aliphatic rings. The lowest BCUT2D eigenvalue weighted by Gasteiger charge is -2.34. The van der Waals surface area contributed by atoms with E-state index >= 15 is 0 Å². The molecule has 9 rings (SSSR count). The number of nitrogens with one attached hydrogen (secondary N) is 2. The van der Waals surface area contributed by atoms with Gasteiger partial charge in [-0.25, -0.2) is 0 Å². The fourth-order valence-electron chi connectivity index (χ4n) is 8.35. The summed E-state index contributed by atoms with van der Waals surface area (Å²) in [4.78, 5) is 27.0. The summed E-state index contributed by atoms with van der Waals surface area (Å²) < 4.78 is 12.0. The lowest BCUT2D eigenvalue weighted by Crippen LogP contribution is -2.28. The van der Waals surface area contributed by atoms with E-state index in [1.165, 1.54) is 22.3 Å². The highest BCUT2D eigenvalue weighted by Crippen LogP contribution is 2.56. The van der Waals surface area contributed by atoms with Crippen molar-refractivity contribution >= 4 is 23.2 Å². The minimum atomic E-state index is -0.658. The second-order valence-corrected chi connectivity index (χ2v) is 15.1. The van der Waals surface area contributed by atoms with Crippen LogP contribution in [0.3, 0.4) is 0 Å². The number of hydrogen-bond donors (Lipinski definition) is 2. The van der Waals surface area contributed by atoms with Gasteiger partial charge in [0.2, 0.25) is 0 Å². The molecule has 0 saturated heterocycles. The predicted molar refractivity (Wildman–Crippen MR) is 244 cm³/mol. The average Bonchev–Trinajstić information content (AvgIpc) is 3.61. The number of rotatable bonds is 14. The number of fused-ring (bicyclic) bond motifs is 3. The van der Waals surface area contributed by atoms with E-state index in [-0.39, 0.29) is 11.8 Å². The molecule has 8 aromatic carbocycles. The van der Waals surface area contributed by atoms with Crippen molar-refractivity contribution < 1.29 is 19.1 Å². The second-order valence-electron chi connectivity index (χ2n) is 15.1. The Morgan fingerprint density at radius 1 is 0.410 bits per heavy atom. The van der Waals surface area contributed by atoms with Crippen LogP contribution >= 0.6 is 0 Å². The summed E-state index contributed by atoms with van der Waals surface area (Å²) in [5.74, 6) is 0.873. The Bertz CT molecular complexity index is 2590. The van der Waals surface area contributed by atoms with E-state index < -0.39 is 5.41 Å². The minimum Gasteiger partial charge on any atom is -0.493 e. The topological polar surface area (TPSA) is 76.7 Å². The van der Waals surface area contributed by atoms with Crippen LogP contribution in [0.25, 0.3) is 11.1 Å². The molecular weight excluding hydrogens is 753 g/mol. The van der Waals surface area contributed by atoms with E-state index in [4.69, 9.17) is 9.47 Å². The molecule has 6 nitrogen and oxygen atoms in total. The lowest BCUT2D eigenvalue weighted by atomic mass is 9.67. The Morgan fingerprint density at radius 3 is 1.23 bits per heavy atom. The molecule has 0 atom stereocenters. The highest BCUT2D eigenvalue weighted by atomic mass is 16.5. The van der Waals surface area contributed by atoms with Crippen molar-refractivity contribution in [3.8, 4) is 22.6 Å². The van der Waals surface area contributed by atoms with Crippen LogP contribution in [-0.2, 0) is 18.3 Å². The summed E-state index contributed by atoms with van der Waals surface area (Å²) in [5, 5.41) is 6.18. The van der Waals surface area contributed by atoms with Gasteiger partial charge in [-0.1, -0.05) is 146 Å². The van der Waals surface area contributed by atoms with E-state index in [2.05, 4.69) is 108 Å². The Kier molecular flexibility index (Phi) is 11.2. The first-order valence-electron chi connectivity index (χ1n) is 20.6. The Labute approximate surface area is 356 Å². The van der Waals surface area contributed by atoms with Crippen LogP contribution in [0.2, 0.25) is 0 Å². The zero-order valence-corrected chi connectivity index (χ0v) is 33.6. The van der Waals surface area contributed by atoms with Crippen LogP contribution in [0.5, 0.6) is 11.5 Å². The number of ether oxygens (including phenoxy) is 2. The van der Waals surface area contributed by atoms with Crippen molar-refractivity contribution in [1.82, 2.24) is 0 Å². The number of benzene rings is 8. The Hall–Kier alpha value is -7.70. The average molecular weight is 797 g/mol. The van der Waals surface area contributed by atoms with Gasteiger partial charge >= 0.3 is 0 Å². The fraction of sp³-hybridized carbons (Fsp3) is 0.0909. The maximum absolute atomic E-state index is 13.5. The molecule has 0 spiro atoms. The summed E-state index contributed by atoms with van der Waals surface area (Å²) in [7, 11) is 0. The quantitative estimate of drug-likeness (QED) is 0.115. The van der Waals surface area contributed by atoms with Crippen LogP contribution in [0, 0.1) is 0 Å². The Balaban J connectivity index is 0.942. The third-order valence-corrected chi connectivity index (χ3v) is 11.3. The molecular formula is C55H44N2O4. The molecule has 0 saturated carbocycles. The normalized spacial score (nSPS) is 12.1.